The number of nitrogens with one attached hydrogen (secondary N) is 2. The van der Waals surface area contributed by atoms with E-state index >= 15 is 0 Å². The maximum Gasteiger partial charge on any atom is 0.220 e. The van der Waals surface area contributed by atoms with Gasteiger partial charge in [0.25, 0.3) is 0 Å². The van der Waals surface area contributed by atoms with E-state index < -0.39 is 10.0 Å². The van der Waals surface area contributed by atoms with E-state index in [4.69, 9.17) is 0 Å². The van der Waals surface area contributed by atoms with Gasteiger partial charge in [0.2, 0.25) is 15.9 Å². The van der Waals surface area contributed by atoms with Crippen molar-refractivity contribution in [2.75, 3.05) is 24.6 Å². The molecule has 0 bridgehead atoms. The summed E-state index contributed by atoms with van der Waals surface area (Å²) in [4.78, 5) is 11.5. The molecule has 7 heteroatoms. The summed E-state index contributed by atoms with van der Waals surface area (Å²) >= 11 is 4.22. The van der Waals surface area contributed by atoms with Crippen molar-refractivity contribution in [3.63, 3.8) is 0 Å². The Morgan fingerprint density at radius 1 is 1.41 bits per heavy atom. The molecular formula is C10H20N2O3S2. The van der Waals surface area contributed by atoms with Gasteiger partial charge in [-0.05, 0) is 24.0 Å². The van der Waals surface area contributed by atoms with Gasteiger partial charge in [0, 0.05) is 19.5 Å². The van der Waals surface area contributed by atoms with Gasteiger partial charge in [0.15, 0.2) is 0 Å². The highest BCUT2D eigenvalue weighted by atomic mass is 32.2. The summed E-state index contributed by atoms with van der Waals surface area (Å²) in [5.41, 5.74) is 0.0771. The quantitative estimate of drug-likeness (QED) is 0.554. The number of amides is 1. The zero-order valence-electron chi connectivity index (χ0n) is 10.0. The molecule has 0 aromatic rings. The Balaban J connectivity index is 2.21. The highest BCUT2D eigenvalue weighted by Gasteiger charge is 2.42. The molecule has 2 N–H and O–H groups in total. The summed E-state index contributed by atoms with van der Waals surface area (Å²) < 4.78 is 25.0. The van der Waals surface area contributed by atoms with Crippen molar-refractivity contribution >= 4 is 28.6 Å². The number of carbonyl (C=O) groups excluding carboxylic acids is 1. The van der Waals surface area contributed by atoms with Crippen LogP contribution < -0.4 is 10.0 Å². The topological polar surface area (TPSA) is 75.3 Å². The lowest BCUT2D eigenvalue weighted by molar-refractivity contribution is -0.121. The van der Waals surface area contributed by atoms with E-state index in [1.54, 1.807) is 6.92 Å². The maximum atomic E-state index is 11.5. The number of sulfonamides is 1. The molecule has 1 saturated carbocycles. The van der Waals surface area contributed by atoms with Crippen LogP contribution in [0.5, 0.6) is 0 Å². The fourth-order valence-electron chi connectivity index (χ4n) is 1.59. The molecule has 0 aliphatic heterocycles. The van der Waals surface area contributed by atoms with Gasteiger partial charge in [-0.2, -0.15) is 12.6 Å². The van der Waals surface area contributed by atoms with Crippen molar-refractivity contribution in [3.8, 4) is 0 Å². The molecule has 0 saturated heterocycles. The van der Waals surface area contributed by atoms with E-state index in [-0.39, 0.29) is 23.6 Å². The molecule has 0 radical (unpaired) electrons. The Labute approximate surface area is 108 Å². The third-order valence-corrected chi connectivity index (χ3v) is 5.03. The van der Waals surface area contributed by atoms with Crippen LogP contribution in [0.25, 0.3) is 0 Å². The first-order valence-corrected chi connectivity index (χ1v) is 8.06. The second-order valence-corrected chi connectivity index (χ2v) is 6.74. The molecule has 0 aromatic heterocycles. The Morgan fingerprint density at radius 2 is 2.06 bits per heavy atom. The smallest absolute Gasteiger partial charge is 0.220 e. The van der Waals surface area contributed by atoms with Crippen LogP contribution in [0.2, 0.25) is 0 Å². The number of hydrogen-bond acceptors (Lipinski definition) is 4. The van der Waals surface area contributed by atoms with Gasteiger partial charge in [0.1, 0.15) is 0 Å². The van der Waals surface area contributed by atoms with Crippen LogP contribution >= 0.6 is 12.6 Å². The summed E-state index contributed by atoms with van der Waals surface area (Å²) in [6, 6.07) is 0. The lowest BCUT2D eigenvalue weighted by Gasteiger charge is -2.11. The van der Waals surface area contributed by atoms with Crippen LogP contribution in [0.3, 0.4) is 0 Å². The lowest BCUT2D eigenvalue weighted by atomic mass is 10.1. The van der Waals surface area contributed by atoms with Crippen molar-refractivity contribution in [3.05, 3.63) is 0 Å². The standard InChI is InChI=1S/C10H20N2O3S2/c1-2-12-17(14,15)6-5-11-9(13)7-10(8-16)3-4-10/h12,16H,2-8H2,1H3,(H,11,13). The van der Waals surface area contributed by atoms with Crippen molar-refractivity contribution in [2.24, 2.45) is 5.41 Å². The molecule has 0 aromatic carbocycles. The Kier molecular flexibility index (Phi) is 5.27. The number of hydrogen-bond donors (Lipinski definition) is 3. The van der Waals surface area contributed by atoms with Gasteiger partial charge in [-0.3, -0.25) is 4.79 Å². The zero-order chi connectivity index (χ0) is 12.9. The second-order valence-electron chi connectivity index (χ2n) is 4.50. The van der Waals surface area contributed by atoms with E-state index in [1.807, 2.05) is 0 Å². The van der Waals surface area contributed by atoms with E-state index in [9.17, 15) is 13.2 Å². The minimum atomic E-state index is -3.24. The summed E-state index contributed by atoms with van der Waals surface area (Å²) in [7, 11) is -3.24. The first-order valence-electron chi connectivity index (χ1n) is 5.78. The summed E-state index contributed by atoms with van der Waals surface area (Å²) in [6.45, 7) is 2.26. The van der Waals surface area contributed by atoms with Crippen LogP contribution in [0.4, 0.5) is 0 Å². The number of carbonyl (C=O) groups is 1. The van der Waals surface area contributed by atoms with Gasteiger partial charge in [0.05, 0.1) is 5.75 Å². The molecule has 0 heterocycles. The van der Waals surface area contributed by atoms with E-state index in [2.05, 4.69) is 22.7 Å². The molecule has 1 fully saturated rings. The van der Waals surface area contributed by atoms with Gasteiger partial charge in [-0.1, -0.05) is 6.92 Å². The molecule has 1 aliphatic carbocycles. The molecule has 1 amide bonds. The van der Waals surface area contributed by atoms with E-state index in [0.29, 0.717) is 13.0 Å². The van der Waals surface area contributed by atoms with E-state index in [0.717, 1.165) is 18.6 Å². The average Bonchev–Trinajstić information content (AvgIpc) is 2.98. The Morgan fingerprint density at radius 3 is 2.53 bits per heavy atom. The molecule has 1 rings (SSSR count). The largest absolute Gasteiger partial charge is 0.355 e. The van der Waals surface area contributed by atoms with Crippen LogP contribution in [-0.4, -0.2) is 38.9 Å². The SMILES string of the molecule is CCNS(=O)(=O)CCNC(=O)CC1(CS)CC1. The monoisotopic (exact) mass is 280 g/mol. The van der Waals surface area contributed by atoms with Crippen LogP contribution in [0.15, 0.2) is 0 Å². The number of rotatable bonds is 8. The highest BCUT2D eigenvalue weighted by Crippen LogP contribution is 2.49. The van der Waals surface area contributed by atoms with Crippen molar-refractivity contribution in [1.29, 1.82) is 0 Å². The molecule has 1 aliphatic rings. The molecule has 0 spiro atoms. The molecule has 100 valence electrons. The predicted octanol–water partition coefficient (Wildman–Crippen LogP) is 0.142. The van der Waals surface area contributed by atoms with Crippen molar-refractivity contribution in [2.45, 2.75) is 26.2 Å². The summed E-state index contributed by atoms with van der Waals surface area (Å²) in [6.07, 6.45) is 2.54. The predicted molar refractivity (Wildman–Crippen MR) is 70.6 cm³/mol. The minimum Gasteiger partial charge on any atom is -0.355 e. The highest BCUT2D eigenvalue weighted by molar-refractivity contribution is 7.89. The fraction of sp³-hybridized carbons (Fsp3) is 0.900. The summed E-state index contributed by atoms with van der Waals surface area (Å²) in [5, 5.41) is 2.64. The third-order valence-electron chi connectivity index (χ3n) is 2.89. The minimum absolute atomic E-state index is 0.0690. The lowest BCUT2D eigenvalue weighted by Crippen LogP contribution is -2.35. The van der Waals surface area contributed by atoms with Crippen molar-refractivity contribution in [1.82, 2.24) is 10.0 Å². The van der Waals surface area contributed by atoms with Crippen molar-refractivity contribution < 1.29 is 13.2 Å². The van der Waals surface area contributed by atoms with Gasteiger partial charge >= 0.3 is 0 Å². The molecule has 0 atom stereocenters. The van der Waals surface area contributed by atoms with Gasteiger partial charge in [-0.15, -0.1) is 0 Å². The zero-order valence-corrected chi connectivity index (χ0v) is 11.7. The third kappa shape index (κ3) is 5.27. The molecule has 17 heavy (non-hydrogen) atoms. The maximum absolute atomic E-state index is 11.5. The molecule has 5 nitrogen and oxygen atoms in total. The molecular weight excluding hydrogens is 260 g/mol. The van der Waals surface area contributed by atoms with Gasteiger partial charge < -0.3 is 5.32 Å². The first-order chi connectivity index (χ1) is 7.93. The first kappa shape index (κ1) is 14.8. The number of thiol groups is 1. The normalized spacial score (nSPS) is 17.8. The Bertz CT molecular complexity index is 364. The summed E-state index contributed by atoms with van der Waals surface area (Å²) in [5.74, 6) is 0.569. The second kappa shape index (κ2) is 6.06. The van der Waals surface area contributed by atoms with Gasteiger partial charge in [-0.25, -0.2) is 13.1 Å². The molecule has 0 unspecified atom stereocenters. The van der Waals surface area contributed by atoms with E-state index in [1.165, 1.54) is 0 Å². The fourth-order valence-corrected chi connectivity index (χ4v) is 2.97. The van der Waals surface area contributed by atoms with Crippen LogP contribution in [0.1, 0.15) is 26.2 Å². The average molecular weight is 280 g/mol. The Hall–Kier alpha value is -0.270. The van der Waals surface area contributed by atoms with Crippen LogP contribution in [-0.2, 0) is 14.8 Å². The van der Waals surface area contributed by atoms with Crippen LogP contribution in [0, 0.1) is 5.41 Å².